The van der Waals surface area contributed by atoms with E-state index in [1.54, 1.807) is 24.4 Å². The molecule has 2 amide bonds. The minimum atomic E-state index is -0.288. The second-order valence-corrected chi connectivity index (χ2v) is 16.0. The molecule has 1 unspecified atom stereocenters. The van der Waals surface area contributed by atoms with Gasteiger partial charge in [-0.05, 0) is 86.9 Å². The molecule has 4 aliphatic rings. The van der Waals surface area contributed by atoms with Crippen molar-refractivity contribution < 1.29 is 19.1 Å². The highest BCUT2D eigenvalue weighted by atomic mass is 16.5. The van der Waals surface area contributed by atoms with Crippen LogP contribution in [-0.4, -0.2) is 94.8 Å². The third kappa shape index (κ3) is 7.06. The van der Waals surface area contributed by atoms with Gasteiger partial charge in [-0.15, -0.1) is 0 Å². The molecule has 1 atom stereocenters. The summed E-state index contributed by atoms with van der Waals surface area (Å²) in [5.74, 6) is 1.02. The van der Waals surface area contributed by atoms with Crippen molar-refractivity contribution in [1.82, 2.24) is 24.4 Å². The number of benzene rings is 1. The van der Waals surface area contributed by atoms with Gasteiger partial charge >= 0.3 is 0 Å². The van der Waals surface area contributed by atoms with Crippen LogP contribution in [0.3, 0.4) is 0 Å². The first kappa shape index (κ1) is 36.7. The molecule has 2 N–H and O–H groups in total. The number of hydrogen-bond acceptors (Lipinski definition) is 10. The number of fused-ring (bicyclic) bond motifs is 3. The molecule has 1 aromatic carbocycles. The van der Waals surface area contributed by atoms with E-state index in [2.05, 4.69) is 63.4 Å². The van der Waals surface area contributed by atoms with Crippen molar-refractivity contribution >= 4 is 40.5 Å². The first-order chi connectivity index (χ1) is 26.5. The Labute approximate surface area is 322 Å². The Morgan fingerprint density at radius 1 is 1.07 bits per heavy atom. The van der Waals surface area contributed by atoms with E-state index in [1.165, 1.54) is 17.3 Å². The fourth-order valence-electron chi connectivity index (χ4n) is 8.94. The van der Waals surface area contributed by atoms with E-state index in [-0.39, 0.29) is 23.3 Å². The van der Waals surface area contributed by atoms with Gasteiger partial charge < -0.3 is 29.6 Å². The largest absolute Gasteiger partial charge is 0.478 e. The predicted molar refractivity (Wildman–Crippen MR) is 215 cm³/mol. The quantitative estimate of drug-likeness (QED) is 0.197. The molecule has 3 aliphatic heterocycles. The highest BCUT2D eigenvalue weighted by Gasteiger charge is 2.37. The minimum Gasteiger partial charge on any atom is -0.478 e. The summed E-state index contributed by atoms with van der Waals surface area (Å²) in [6, 6.07) is 10.7. The van der Waals surface area contributed by atoms with Crippen LogP contribution in [0.2, 0.25) is 0 Å². The maximum Gasteiger partial charge on any atom is 0.276 e. The van der Waals surface area contributed by atoms with E-state index < -0.39 is 0 Å². The standard InChI is InChI=1S/C42H51N9O4/c1-7-37(52)46-32-21-29(8-9-34(32)49-15-14-48(25-26(49)2)30-11-18-55-19-12-30)45-38-40(54-6)44-24-33(47-38)31-10-13-43-39(27(31)3)51-17-16-50-35(41(51)53)20-28-22-42(4,5)23-36(28)50/h7-10,13,20-21,24,26,30H,1,11-12,14-19,22-23,25H2,2-6H3,(H,45,47)(H,46,52). The Balaban J connectivity index is 1.05. The second kappa shape index (κ2) is 14.8. The number of ether oxygens (including phenoxy) is 2. The van der Waals surface area contributed by atoms with E-state index >= 15 is 0 Å². The Morgan fingerprint density at radius 2 is 1.89 bits per heavy atom. The number of piperazine rings is 1. The van der Waals surface area contributed by atoms with Gasteiger partial charge in [0.2, 0.25) is 5.91 Å². The van der Waals surface area contributed by atoms with E-state index in [1.807, 2.05) is 31.2 Å². The Bertz CT molecular complexity index is 2140. The average Bonchev–Trinajstić information content (AvgIpc) is 3.68. The number of amides is 2. The molecule has 0 radical (unpaired) electrons. The van der Waals surface area contributed by atoms with Gasteiger partial charge in [-0.3, -0.25) is 19.4 Å². The zero-order chi connectivity index (χ0) is 38.4. The van der Waals surface area contributed by atoms with Crippen LogP contribution in [0.4, 0.5) is 28.7 Å². The maximum absolute atomic E-state index is 13.9. The van der Waals surface area contributed by atoms with E-state index in [9.17, 15) is 9.59 Å². The van der Waals surface area contributed by atoms with Crippen molar-refractivity contribution in [2.75, 3.05) is 66.9 Å². The number of anilines is 5. The molecule has 2 saturated heterocycles. The van der Waals surface area contributed by atoms with Crippen molar-refractivity contribution in [2.45, 2.75) is 72.0 Å². The van der Waals surface area contributed by atoms with Gasteiger partial charge in [-0.2, -0.15) is 0 Å². The third-order valence-electron chi connectivity index (χ3n) is 11.6. The fraction of sp³-hybridized carbons (Fsp3) is 0.452. The Kier molecular flexibility index (Phi) is 9.85. The summed E-state index contributed by atoms with van der Waals surface area (Å²) in [4.78, 5) is 47.6. The lowest BCUT2D eigenvalue weighted by molar-refractivity contribution is -0.111. The zero-order valence-electron chi connectivity index (χ0n) is 32.5. The summed E-state index contributed by atoms with van der Waals surface area (Å²) in [6.45, 7) is 18.1. The van der Waals surface area contributed by atoms with Gasteiger partial charge in [0.15, 0.2) is 5.82 Å². The number of methoxy groups -OCH3 is 1. The van der Waals surface area contributed by atoms with Crippen LogP contribution in [0.15, 0.2) is 55.4 Å². The number of hydrogen-bond donors (Lipinski definition) is 2. The summed E-state index contributed by atoms with van der Waals surface area (Å²) < 4.78 is 13.5. The van der Waals surface area contributed by atoms with Crippen LogP contribution in [0.1, 0.15) is 60.9 Å². The number of carbonyl (C=O) groups excluding carboxylic acids is 2. The summed E-state index contributed by atoms with van der Waals surface area (Å²) in [7, 11) is 1.56. The molecule has 13 heteroatoms. The fourth-order valence-corrected chi connectivity index (χ4v) is 8.94. The van der Waals surface area contributed by atoms with Crippen LogP contribution in [-0.2, 0) is 28.9 Å². The first-order valence-electron chi connectivity index (χ1n) is 19.4. The molecule has 288 valence electrons. The molecule has 3 aromatic heterocycles. The smallest absolute Gasteiger partial charge is 0.276 e. The highest BCUT2D eigenvalue weighted by molar-refractivity contribution is 6.06. The molecule has 6 heterocycles. The third-order valence-corrected chi connectivity index (χ3v) is 11.6. The van der Waals surface area contributed by atoms with Crippen LogP contribution in [0.5, 0.6) is 5.88 Å². The molecule has 0 saturated carbocycles. The van der Waals surface area contributed by atoms with E-state index in [0.29, 0.717) is 47.2 Å². The number of rotatable bonds is 9. The van der Waals surface area contributed by atoms with Crippen LogP contribution < -0.4 is 25.2 Å². The predicted octanol–water partition coefficient (Wildman–Crippen LogP) is 6.00. The topological polar surface area (TPSA) is 130 Å². The molecule has 4 aromatic rings. The molecule has 1 aliphatic carbocycles. The second-order valence-electron chi connectivity index (χ2n) is 16.0. The molecule has 13 nitrogen and oxygen atoms in total. The molecule has 0 spiro atoms. The van der Waals surface area contributed by atoms with E-state index in [0.717, 1.165) is 87.6 Å². The first-order valence-corrected chi connectivity index (χ1v) is 19.4. The number of carbonyl (C=O) groups is 2. The summed E-state index contributed by atoms with van der Waals surface area (Å²) in [5.41, 5.74) is 8.09. The van der Waals surface area contributed by atoms with Crippen LogP contribution >= 0.6 is 0 Å². The average molecular weight is 746 g/mol. The highest BCUT2D eigenvalue weighted by Crippen LogP contribution is 2.40. The van der Waals surface area contributed by atoms with E-state index in [4.69, 9.17) is 19.4 Å². The van der Waals surface area contributed by atoms with Crippen molar-refractivity contribution in [1.29, 1.82) is 0 Å². The number of aromatic nitrogens is 4. The van der Waals surface area contributed by atoms with Crippen molar-refractivity contribution in [3.05, 3.63) is 77.9 Å². The van der Waals surface area contributed by atoms with Gasteiger partial charge in [0, 0.05) is 86.7 Å². The summed E-state index contributed by atoms with van der Waals surface area (Å²) in [6.07, 6.45) is 8.77. The van der Waals surface area contributed by atoms with Crippen molar-refractivity contribution in [3.63, 3.8) is 0 Å². The normalized spacial score (nSPS) is 19.9. The Morgan fingerprint density at radius 3 is 2.65 bits per heavy atom. The van der Waals surface area contributed by atoms with Crippen molar-refractivity contribution in [3.8, 4) is 17.1 Å². The molecule has 55 heavy (non-hydrogen) atoms. The minimum absolute atomic E-state index is 0.0345. The van der Waals surface area contributed by atoms with Crippen LogP contribution in [0, 0.1) is 12.3 Å². The van der Waals surface area contributed by atoms with Crippen LogP contribution in [0.25, 0.3) is 11.3 Å². The lowest BCUT2D eigenvalue weighted by Crippen LogP contribution is -2.56. The number of nitrogens with zero attached hydrogens (tertiary/aromatic N) is 7. The number of pyridine rings is 1. The monoisotopic (exact) mass is 745 g/mol. The lowest BCUT2D eigenvalue weighted by Gasteiger charge is -2.45. The molecular weight excluding hydrogens is 695 g/mol. The van der Waals surface area contributed by atoms with Crippen molar-refractivity contribution in [2.24, 2.45) is 5.41 Å². The lowest BCUT2D eigenvalue weighted by atomic mass is 9.90. The molecular formula is C42H51N9O4. The van der Waals surface area contributed by atoms with Gasteiger partial charge in [-0.25, -0.2) is 15.0 Å². The summed E-state index contributed by atoms with van der Waals surface area (Å²) in [5, 5.41) is 6.44. The van der Waals surface area contributed by atoms with Gasteiger partial charge in [0.1, 0.15) is 11.5 Å². The zero-order valence-corrected chi connectivity index (χ0v) is 32.5. The molecule has 8 rings (SSSR count). The Hall–Kier alpha value is -5.27. The van der Waals surface area contributed by atoms with Gasteiger partial charge in [0.05, 0.1) is 30.4 Å². The maximum atomic E-state index is 13.9. The number of nitrogens with one attached hydrogen (secondary N) is 2. The van der Waals surface area contributed by atoms with Gasteiger partial charge in [0.25, 0.3) is 11.8 Å². The van der Waals surface area contributed by atoms with Gasteiger partial charge in [-0.1, -0.05) is 20.4 Å². The SMILES string of the molecule is C=CC(=O)Nc1cc(Nc2nc(-c3ccnc(N4CCn5c(cc6c5CC(C)(C)C6)C4=O)c3C)cnc2OC)ccc1N1CCN(C2CCOCC2)CC1C. The summed E-state index contributed by atoms with van der Waals surface area (Å²) >= 11 is 0. The molecule has 0 bridgehead atoms. The molecule has 2 fully saturated rings.